The first kappa shape index (κ1) is 15.5. The molecule has 5 heteroatoms. The Morgan fingerprint density at radius 2 is 2.30 bits per heavy atom. The van der Waals surface area contributed by atoms with Crippen molar-refractivity contribution in [1.82, 2.24) is 10.3 Å². The van der Waals surface area contributed by atoms with Crippen LogP contribution in [-0.4, -0.2) is 11.5 Å². The van der Waals surface area contributed by atoms with Crippen LogP contribution in [0.15, 0.2) is 35.4 Å². The molecule has 0 aliphatic heterocycles. The maximum absolute atomic E-state index is 13.1. The van der Waals surface area contributed by atoms with Crippen molar-refractivity contribution >= 4 is 23.1 Å². The number of nitrogens with zero attached hydrogens (tertiary/aromatic N) is 1. The summed E-state index contributed by atoms with van der Waals surface area (Å²) in [7, 11) is 0. The van der Waals surface area contributed by atoms with E-state index in [1.165, 1.54) is 10.9 Å². The Morgan fingerprint density at radius 3 is 3.05 bits per heavy atom. The molecule has 0 fully saturated rings. The van der Waals surface area contributed by atoms with Gasteiger partial charge in [0.1, 0.15) is 10.8 Å². The molecule has 20 heavy (non-hydrogen) atoms. The molecule has 1 atom stereocenters. The maximum atomic E-state index is 13.1. The largest absolute Gasteiger partial charge is 0.309 e. The lowest BCUT2D eigenvalue weighted by molar-refractivity contribution is 0.577. The van der Waals surface area contributed by atoms with E-state index in [9.17, 15) is 4.39 Å². The fourth-order valence-corrected chi connectivity index (χ4v) is 3.65. The van der Waals surface area contributed by atoms with Crippen LogP contribution in [0.3, 0.4) is 0 Å². The molecular weight excluding hydrogens is 291 g/mol. The third kappa shape index (κ3) is 4.58. The van der Waals surface area contributed by atoms with Crippen LogP contribution in [0.4, 0.5) is 4.39 Å². The highest BCUT2D eigenvalue weighted by Gasteiger charge is 2.09. The molecular formula is C15H19FN2S2. The molecule has 1 unspecified atom stereocenters. The third-order valence-corrected chi connectivity index (χ3v) is 5.22. The summed E-state index contributed by atoms with van der Waals surface area (Å²) in [5, 5.41) is 4.54. The van der Waals surface area contributed by atoms with Crippen LogP contribution in [0.5, 0.6) is 0 Å². The van der Waals surface area contributed by atoms with Crippen molar-refractivity contribution in [3.63, 3.8) is 0 Å². The number of thiazole rings is 1. The van der Waals surface area contributed by atoms with E-state index in [2.05, 4.69) is 24.1 Å². The van der Waals surface area contributed by atoms with E-state index in [1.807, 2.05) is 12.3 Å². The number of hydrogen-bond acceptors (Lipinski definition) is 4. The molecule has 0 saturated heterocycles. The maximum Gasteiger partial charge on any atom is 0.124 e. The zero-order valence-corrected chi connectivity index (χ0v) is 13.4. The number of nitrogens with one attached hydrogen (secondary N) is 1. The van der Waals surface area contributed by atoms with Crippen molar-refractivity contribution in [3.8, 4) is 0 Å². The van der Waals surface area contributed by atoms with Crippen molar-refractivity contribution in [2.45, 2.75) is 37.0 Å². The fraction of sp³-hybridized carbons (Fsp3) is 0.400. The number of benzene rings is 1. The first-order chi connectivity index (χ1) is 9.69. The van der Waals surface area contributed by atoms with Crippen molar-refractivity contribution in [1.29, 1.82) is 0 Å². The lowest BCUT2D eigenvalue weighted by atomic mass is 10.3. The van der Waals surface area contributed by atoms with Gasteiger partial charge in [0.05, 0.1) is 5.75 Å². The van der Waals surface area contributed by atoms with Crippen molar-refractivity contribution < 1.29 is 4.39 Å². The Bertz CT molecular complexity index is 542. The molecule has 2 nitrogen and oxygen atoms in total. The number of aromatic nitrogens is 1. The zero-order valence-electron chi connectivity index (χ0n) is 11.7. The summed E-state index contributed by atoms with van der Waals surface area (Å²) in [6.07, 6.45) is 3.07. The smallest absolute Gasteiger partial charge is 0.124 e. The van der Waals surface area contributed by atoms with Gasteiger partial charge in [-0.25, -0.2) is 9.37 Å². The van der Waals surface area contributed by atoms with Crippen LogP contribution in [-0.2, 0) is 5.75 Å². The van der Waals surface area contributed by atoms with E-state index in [-0.39, 0.29) is 5.82 Å². The van der Waals surface area contributed by atoms with Gasteiger partial charge in [0.2, 0.25) is 0 Å². The lowest BCUT2D eigenvalue weighted by Gasteiger charge is -2.09. The van der Waals surface area contributed by atoms with Gasteiger partial charge in [-0.1, -0.05) is 13.0 Å². The summed E-state index contributed by atoms with van der Waals surface area (Å²) in [5.74, 6) is 0.599. The van der Waals surface area contributed by atoms with E-state index < -0.39 is 0 Å². The second kappa shape index (κ2) is 7.76. The quantitative estimate of drug-likeness (QED) is 0.754. The first-order valence-electron chi connectivity index (χ1n) is 6.75. The monoisotopic (exact) mass is 310 g/mol. The van der Waals surface area contributed by atoms with Gasteiger partial charge in [-0.15, -0.1) is 23.1 Å². The van der Waals surface area contributed by atoms with Crippen LogP contribution >= 0.6 is 23.1 Å². The molecule has 0 saturated carbocycles. The van der Waals surface area contributed by atoms with Gasteiger partial charge in [0, 0.05) is 22.0 Å². The average molecular weight is 310 g/mol. The molecule has 1 heterocycles. The molecule has 1 aromatic carbocycles. The van der Waals surface area contributed by atoms with Crippen LogP contribution < -0.4 is 5.32 Å². The average Bonchev–Trinajstić information content (AvgIpc) is 2.91. The highest BCUT2D eigenvalue weighted by molar-refractivity contribution is 7.98. The Hall–Kier alpha value is -0.910. The Morgan fingerprint density at radius 1 is 1.45 bits per heavy atom. The van der Waals surface area contributed by atoms with Gasteiger partial charge in [0.15, 0.2) is 0 Å². The standard InChI is InChI=1S/C15H19FN2S2/c1-3-7-17-11(2)14-9-18-15(20-14)10-19-13-6-4-5-12(16)8-13/h4-6,8-9,11,17H,3,7,10H2,1-2H3. The molecule has 0 aliphatic rings. The van der Waals surface area contributed by atoms with Crippen molar-refractivity contribution in [2.24, 2.45) is 0 Å². The van der Waals surface area contributed by atoms with E-state index >= 15 is 0 Å². The van der Waals surface area contributed by atoms with E-state index in [0.717, 1.165) is 28.6 Å². The van der Waals surface area contributed by atoms with Crippen LogP contribution in [0.2, 0.25) is 0 Å². The van der Waals surface area contributed by atoms with Gasteiger partial charge < -0.3 is 5.32 Å². The molecule has 0 radical (unpaired) electrons. The van der Waals surface area contributed by atoms with Gasteiger partial charge in [-0.05, 0) is 38.1 Å². The number of thioether (sulfide) groups is 1. The van der Waals surface area contributed by atoms with Gasteiger partial charge in [-0.3, -0.25) is 0 Å². The van der Waals surface area contributed by atoms with Crippen molar-refractivity contribution in [2.75, 3.05) is 6.54 Å². The fourth-order valence-electron chi connectivity index (χ4n) is 1.75. The highest BCUT2D eigenvalue weighted by atomic mass is 32.2. The van der Waals surface area contributed by atoms with Gasteiger partial charge >= 0.3 is 0 Å². The van der Waals surface area contributed by atoms with E-state index in [0.29, 0.717) is 6.04 Å². The number of halogens is 1. The summed E-state index contributed by atoms with van der Waals surface area (Å²) in [6.45, 7) is 5.34. The predicted octanol–water partition coefficient (Wildman–Crippen LogP) is 4.64. The van der Waals surface area contributed by atoms with Crippen LogP contribution in [0, 0.1) is 5.82 Å². The molecule has 2 aromatic rings. The van der Waals surface area contributed by atoms with Crippen molar-refractivity contribution in [3.05, 3.63) is 46.2 Å². The highest BCUT2D eigenvalue weighted by Crippen LogP contribution is 2.27. The summed E-state index contributed by atoms with van der Waals surface area (Å²) < 4.78 is 13.1. The van der Waals surface area contributed by atoms with Gasteiger partial charge in [0.25, 0.3) is 0 Å². The number of rotatable bonds is 7. The Kier molecular flexibility index (Phi) is 6.01. The Labute approximate surface area is 127 Å². The zero-order chi connectivity index (χ0) is 14.4. The normalized spacial score (nSPS) is 12.6. The molecule has 0 aliphatic carbocycles. The predicted molar refractivity (Wildman–Crippen MR) is 84.8 cm³/mol. The topological polar surface area (TPSA) is 24.9 Å². The minimum atomic E-state index is -0.188. The second-order valence-corrected chi connectivity index (χ2v) is 6.77. The first-order valence-corrected chi connectivity index (χ1v) is 8.55. The van der Waals surface area contributed by atoms with E-state index in [4.69, 9.17) is 0 Å². The van der Waals surface area contributed by atoms with Crippen LogP contribution in [0.25, 0.3) is 0 Å². The van der Waals surface area contributed by atoms with E-state index in [1.54, 1.807) is 35.2 Å². The van der Waals surface area contributed by atoms with Crippen LogP contribution in [0.1, 0.15) is 36.2 Å². The summed E-state index contributed by atoms with van der Waals surface area (Å²) in [6, 6.07) is 7.03. The minimum absolute atomic E-state index is 0.188. The Balaban J connectivity index is 1.89. The molecule has 108 valence electrons. The number of hydrogen-bond donors (Lipinski definition) is 1. The minimum Gasteiger partial charge on any atom is -0.309 e. The lowest BCUT2D eigenvalue weighted by Crippen LogP contribution is -2.18. The summed E-state index contributed by atoms with van der Waals surface area (Å²) in [5.41, 5.74) is 0. The molecule has 0 amide bonds. The molecule has 0 spiro atoms. The molecule has 0 bridgehead atoms. The molecule has 1 aromatic heterocycles. The second-order valence-electron chi connectivity index (χ2n) is 4.58. The molecule has 1 N–H and O–H groups in total. The van der Waals surface area contributed by atoms with Gasteiger partial charge in [-0.2, -0.15) is 0 Å². The third-order valence-electron chi connectivity index (χ3n) is 2.86. The summed E-state index contributed by atoms with van der Waals surface area (Å²) >= 11 is 3.34. The summed E-state index contributed by atoms with van der Waals surface area (Å²) in [4.78, 5) is 6.65. The molecule has 2 rings (SSSR count). The SMILES string of the molecule is CCCNC(C)c1cnc(CSc2cccc(F)c2)s1.